The Kier molecular flexibility index (Phi) is 7.42. The summed E-state index contributed by atoms with van der Waals surface area (Å²) in [6.07, 6.45) is 0.342. The average Bonchev–Trinajstić information content (AvgIpc) is 2.29. The Hall–Kier alpha value is -1.99. The second-order valence-corrected chi connectivity index (χ2v) is 5.26. The maximum absolute atomic E-state index is 11.7. The van der Waals surface area contributed by atoms with Crippen LogP contribution in [-0.4, -0.2) is 43.2 Å². The lowest BCUT2D eigenvalue weighted by atomic mass is 10.1. The smallest absolute Gasteiger partial charge is 0.408 e. The van der Waals surface area contributed by atoms with Gasteiger partial charge in [0.2, 0.25) is 5.91 Å². The highest BCUT2D eigenvalue weighted by atomic mass is 16.6. The summed E-state index contributed by atoms with van der Waals surface area (Å²) in [5, 5.41) is 5.02. The first-order valence-electron chi connectivity index (χ1n) is 6.42. The Labute approximate surface area is 119 Å². The molecule has 0 saturated heterocycles. The minimum Gasteiger partial charge on any atom is -0.444 e. The van der Waals surface area contributed by atoms with Crippen molar-refractivity contribution in [1.82, 2.24) is 10.6 Å². The van der Waals surface area contributed by atoms with Gasteiger partial charge in [-0.2, -0.15) is 0 Å². The molecular weight excluding hydrogens is 262 g/mol. The van der Waals surface area contributed by atoms with Gasteiger partial charge in [-0.3, -0.25) is 9.79 Å². The van der Waals surface area contributed by atoms with E-state index in [4.69, 9.17) is 16.2 Å². The van der Waals surface area contributed by atoms with Crippen LogP contribution in [0.15, 0.2) is 4.99 Å². The first-order valence-corrected chi connectivity index (χ1v) is 6.42. The second kappa shape index (κ2) is 8.23. The van der Waals surface area contributed by atoms with Crippen molar-refractivity contribution in [2.24, 2.45) is 16.5 Å². The third kappa shape index (κ3) is 9.01. The van der Waals surface area contributed by atoms with Crippen LogP contribution in [0.25, 0.3) is 0 Å². The molecule has 0 spiro atoms. The van der Waals surface area contributed by atoms with Crippen molar-refractivity contribution < 1.29 is 14.3 Å². The fourth-order valence-corrected chi connectivity index (χ4v) is 1.40. The van der Waals surface area contributed by atoms with Crippen LogP contribution in [0.2, 0.25) is 0 Å². The molecule has 0 radical (unpaired) electrons. The van der Waals surface area contributed by atoms with Crippen molar-refractivity contribution >= 4 is 18.0 Å². The maximum Gasteiger partial charge on any atom is 0.408 e. The zero-order valence-corrected chi connectivity index (χ0v) is 12.5. The Bertz CT molecular complexity index is 359. The van der Waals surface area contributed by atoms with Gasteiger partial charge < -0.3 is 26.8 Å². The largest absolute Gasteiger partial charge is 0.444 e. The van der Waals surface area contributed by atoms with Crippen molar-refractivity contribution in [1.29, 1.82) is 0 Å². The Morgan fingerprint density at radius 1 is 1.30 bits per heavy atom. The van der Waals surface area contributed by atoms with E-state index < -0.39 is 17.7 Å². The zero-order chi connectivity index (χ0) is 15.8. The molecule has 0 fully saturated rings. The predicted octanol–water partition coefficient (Wildman–Crippen LogP) is -0.321. The van der Waals surface area contributed by atoms with Crippen LogP contribution in [0, 0.1) is 0 Å². The summed E-state index contributed by atoms with van der Waals surface area (Å²) in [6, 6.07) is -0.677. The van der Waals surface area contributed by atoms with Crippen LogP contribution in [0.3, 0.4) is 0 Å². The monoisotopic (exact) mass is 287 g/mol. The Morgan fingerprint density at radius 2 is 1.90 bits per heavy atom. The number of ether oxygens (including phenoxy) is 1. The quantitative estimate of drug-likeness (QED) is 0.302. The van der Waals surface area contributed by atoms with Gasteiger partial charge in [0, 0.05) is 13.6 Å². The first kappa shape index (κ1) is 18.0. The van der Waals surface area contributed by atoms with Crippen molar-refractivity contribution in [2.75, 3.05) is 13.6 Å². The summed E-state index contributed by atoms with van der Waals surface area (Å²) in [5.74, 6) is -0.290. The lowest BCUT2D eigenvalue weighted by molar-refractivity contribution is -0.122. The number of likely N-dealkylation sites (N-methyl/N-ethyl adjacent to an activating group) is 1. The zero-order valence-electron chi connectivity index (χ0n) is 12.5. The molecule has 116 valence electrons. The van der Waals surface area contributed by atoms with Gasteiger partial charge in [-0.05, 0) is 33.6 Å². The van der Waals surface area contributed by atoms with Gasteiger partial charge in [0.25, 0.3) is 0 Å². The molecule has 0 bridgehead atoms. The first-order chi connectivity index (χ1) is 9.15. The highest BCUT2D eigenvalue weighted by Crippen LogP contribution is 2.07. The number of nitrogens with one attached hydrogen (secondary N) is 2. The van der Waals surface area contributed by atoms with E-state index in [1.54, 1.807) is 20.8 Å². The van der Waals surface area contributed by atoms with E-state index in [0.717, 1.165) is 0 Å². The van der Waals surface area contributed by atoms with E-state index in [-0.39, 0.29) is 11.9 Å². The fraction of sp³-hybridized carbons (Fsp3) is 0.750. The number of amides is 2. The summed E-state index contributed by atoms with van der Waals surface area (Å²) in [4.78, 5) is 27.1. The van der Waals surface area contributed by atoms with Crippen molar-refractivity contribution in [3.63, 3.8) is 0 Å². The van der Waals surface area contributed by atoms with Gasteiger partial charge >= 0.3 is 6.09 Å². The fourth-order valence-electron chi connectivity index (χ4n) is 1.40. The highest BCUT2D eigenvalue weighted by molar-refractivity contribution is 5.85. The molecule has 6 N–H and O–H groups in total. The SMILES string of the molecule is CNC(=O)[C@@H](CCCN=C(N)N)NC(=O)OC(C)(C)C. The number of carbonyl (C=O) groups is 2. The van der Waals surface area contributed by atoms with Crippen LogP contribution >= 0.6 is 0 Å². The number of nitrogens with two attached hydrogens (primary N) is 2. The van der Waals surface area contributed by atoms with E-state index in [1.807, 2.05) is 0 Å². The normalized spacial score (nSPS) is 12.2. The molecule has 0 saturated carbocycles. The highest BCUT2D eigenvalue weighted by Gasteiger charge is 2.23. The molecule has 0 heterocycles. The van der Waals surface area contributed by atoms with E-state index in [2.05, 4.69) is 15.6 Å². The number of rotatable bonds is 6. The second-order valence-electron chi connectivity index (χ2n) is 5.26. The molecule has 8 nitrogen and oxygen atoms in total. The number of hydrogen-bond donors (Lipinski definition) is 4. The summed E-state index contributed by atoms with van der Waals surface area (Å²) in [6.45, 7) is 5.65. The molecule has 2 amide bonds. The number of aliphatic imine (C=N–C) groups is 1. The number of carbonyl (C=O) groups excluding carboxylic acids is 2. The van der Waals surface area contributed by atoms with E-state index in [9.17, 15) is 9.59 Å². The van der Waals surface area contributed by atoms with Crippen LogP contribution in [-0.2, 0) is 9.53 Å². The third-order valence-corrected chi connectivity index (χ3v) is 2.20. The van der Waals surface area contributed by atoms with Gasteiger partial charge in [-0.25, -0.2) is 4.79 Å². The van der Waals surface area contributed by atoms with Crippen molar-refractivity contribution in [3.8, 4) is 0 Å². The lowest BCUT2D eigenvalue weighted by Crippen LogP contribution is -2.47. The van der Waals surface area contributed by atoms with Crippen LogP contribution < -0.4 is 22.1 Å². The standard InChI is InChI=1S/C12H25N5O3/c1-12(2,3)20-11(19)17-8(9(18)15-4)6-5-7-16-10(13)14/h8H,5-7H2,1-4H3,(H,15,18)(H,17,19)(H4,13,14,16)/t8-/m1/s1. The predicted molar refractivity (Wildman–Crippen MR) is 77.1 cm³/mol. The van der Waals surface area contributed by atoms with Gasteiger partial charge in [0.05, 0.1) is 0 Å². The van der Waals surface area contributed by atoms with Gasteiger partial charge in [-0.15, -0.1) is 0 Å². The number of alkyl carbamates (subject to hydrolysis) is 1. The van der Waals surface area contributed by atoms with Crippen LogP contribution in [0.4, 0.5) is 4.79 Å². The maximum atomic E-state index is 11.7. The summed E-state index contributed by atoms with van der Waals surface area (Å²) < 4.78 is 5.11. The van der Waals surface area contributed by atoms with Crippen molar-refractivity contribution in [2.45, 2.75) is 45.3 Å². The number of hydrogen-bond acceptors (Lipinski definition) is 4. The van der Waals surface area contributed by atoms with E-state index in [0.29, 0.717) is 19.4 Å². The molecule has 1 atom stereocenters. The molecule has 0 aliphatic heterocycles. The lowest BCUT2D eigenvalue weighted by Gasteiger charge is -2.22. The molecule has 0 aliphatic carbocycles. The molecule has 0 aromatic rings. The van der Waals surface area contributed by atoms with Crippen LogP contribution in [0.5, 0.6) is 0 Å². The molecular formula is C12H25N5O3. The summed E-state index contributed by atoms with van der Waals surface area (Å²) in [5.41, 5.74) is 9.79. The van der Waals surface area contributed by atoms with Gasteiger partial charge in [0.15, 0.2) is 5.96 Å². The van der Waals surface area contributed by atoms with Crippen LogP contribution in [0.1, 0.15) is 33.6 Å². The number of nitrogens with zero attached hydrogens (tertiary/aromatic N) is 1. The minimum atomic E-state index is -0.677. The van der Waals surface area contributed by atoms with Gasteiger partial charge in [0.1, 0.15) is 11.6 Å². The number of guanidine groups is 1. The average molecular weight is 287 g/mol. The minimum absolute atomic E-state index is 0.00148. The Balaban J connectivity index is 4.39. The summed E-state index contributed by atoms with van der Waals surface area (Å²) in [7, 11) is 1.50. The molecule has 20 heavy (non-hydrogen) atoms. The molecule has 0 unspecified atom stereocenters. The molecule has 8 heteroatoms. The molecule has 0 aromatic heterocycles. The summed E-state index contributed by atoms with van der Waals surface area (Å²) >= 11 is 0. The Morgan fingerprint density at radius 3 is 2.35 bits per heavy atom. The molecule has 0 rings (SSSR count). The van der Waals surface area contributed by atoms with E-state index in [1.165, 1.54) is 7.05 Å². The van der Waals surface area contributed by atoms with E-state index >= 15 is 0 Å². The van der Waals surface area contributed by atoms with Gasteiger partial charge in [-0.1, -0.05) is 0 Å². The third-order valence-electron chi connectivity index (χ3n) is 2.20. The van der Waals surface area contributed by atoms with Crippen molar-refractivity contribution in [3.05, 3.63) is 0 Å². The molecule has 0 aromatic carbocycles. The topological polar surface area (TPSA) is 132 Å². The molecule has 0 aliphatic rings.